The number of amidine groups is 1. The lowest BCUT2D eigenvalue weighted by Gasteiger charge is -2.19. The van der Waals surface area contributed by atoms with E-state index >= 15 is 0 Å². The third-order valence-electron chi connectivity index (χ3n) is 2.43. The number of oxime groups is 1. The predicted molar refractivity (Wildman–Crippen MR) is 70.1 cm³/mol. The van der Waals surface area contributed by atoms with E-state index in [9.17, 15) is 4.39 Å². The van der Waals surface area contributed by atoms with E-state index in [4.69, 9.17) is 10.9 Å². The van der Waals surface area contributed by atoms with Crippen LogP contribution in [-0.4, -0.2) is 17.6 Å². The molecule has 0 heterocycles. The van der Waals surface area contributed by atoms with Crippen molar-refractivity contribution in [3.05, 3.63) is 35.1 Å². The fourth-order valence-corrected chi connectivity index (χ4v) is 1.57. The molecule has 1 aromatic carbocycles. The van der Waals surface area contributed by atoms with Crippen molar-refractivity contribution in [3.8, 4) is 0 Å². The summed E-state index contributed by atoms with van der Waals surface area (Å²) >= 11 is 0. The highest BCUT2D eigenvalue weighted by Crippen LogP contribution is 2.14. The molecule has 0 bridgehead atoms. The summed E-state index contributed by atoms with van der Waals surface area (Å²) in [6.45, 7) is 7.72. The van der Waals surface area contributed by atoms with E-state index in [1.807, 2.05) is 0 Å². The highest BCUT2D eigenvalue weighted by Gasteiger charge is 2.12. The van der Waals surface area contributed by atoms with Gasteiger partial charge < -0.3 is 16.3 Å². The maximum atomic E-state index is 13.1. The maximum Gasteiger partial charge on any atom is 0.170 e. The first-order valence-corrected chi connectivity index (χ1v) is 5.80. The molecule has 18 heavy (non-hydrogen) atoms. The largest absolute Gasteiger partial charge is 0.409 e. The van der Waals surface area contributed by atoms with Crippen LogP contribution in [0.2, 0.25) is 0 Å². The van der Waals surface area contributed by atoms with Gasteiger partial charge in [-0.1, -0.05) is 32.0 Å². The Balaban J connectivity index is 2.82. The van der Waals surface area contributed by atoms with Crippen molar-refractivity contribution in [2.45, 2.75) is 27.3 Å². The molecule has 1 rings (SSSR count). The first-order valence-electron chi connectivity index (χ1n) is 5.80. The van der Waals surface area contributed by atoms with E-state index in [0.29, 0.717) is 12.1 Å². The van der Waals surface area contributed by atoms with Crippen LogP contribution in [-0.2, 0) is 6.54 Å². The molecule has 0 spiro atoms. The molecule has 0 aliphatic carbocycles. The summed E-state index contributed by atoms with van der Waals surface area (Å²) in [6.07, 6.45) is 0. The highest BCUT2D eigenvalue weighted by atomic mass is 19.1. The van der Waals surface area contributed by atoms with Crippen molar-refractivity contribution >= 4 is 5.84 Å². The van der Waals surface area contributed by atoms with Gasteiger partial charge in [0.15, 0.2) is 5.84 Å². The van der Waals surface area contributed by atoms with Crippen molar-refractivity contribution in [2.75, 3.05) is 6.54 Å². The molecule has 4 N–H and O–H groups in total. The fraction of sp³-hybridized carbons (Fsp3) is 0.462. The van der Waals surface area contributed by atoms with Gasteiger partial charge in [-0.15, -0.1) is 0 Å². The molecule has 1 aromatic rings. The Kier molecular flexibility index (Phi) is 4.67. The van der Waals surface area contributed by atoms with Crippen LogP contribution < -0.4 is 11.1 Å². The standard InChI is InChI=1S/C13H20FN3O/c1-13(2,3)8-16-7-9-4-5-10(14)6-11(9)12(15)17-18/h4-6,16,18H,7-8H2,1-3H3,(H2,15,17). The zero-order valence-corrected chi connectivity index (χ0v) is 11.0. The molecule has 0 radical (unpaired) electrons. The van der Waals surface area contributed by atoms with Crippen LogP contribution >= 0.6 is 0 Å². The second-order valence-corrected chi connectivity index (χ2v) is 5.45. The Morgan fingerprint density at radius 1 is 1.44 bits per heavy atom. The molecule has 0 aliphatic heterocycles. The van der Waals surface area contributed by atoms with E-state index in [1.165, 1.54) is 12.1 Å². The van der Waals surface area contributed by atoms with E-state index in [2.05, 4.69) is 31.2 Å². The zero-order valence-electron chi connectivity index (χ0n) is 11.0. The van der Waals surface area contributed by atoms with Gasteiger partial charge in [-0.3, -0.25) is 0 Å². The minimum atomic E-state index is -0.406. The molecular weight excluding hydrogens is 233 g/mol. The first-order chi connectivity index (χ1) is 8.33. The molecule has 0 fully saturated rings. The van der Waals surface area contributed by atoms with Crippen LogP contribution in [0.15, 0.2) is 23.4 Å². The van der Waals surface area contributed by atoms with Gasteiger partial charge in [-0.2, -0.15) is 0 Å². The molecule has 0 saturated heterocycles. The molecule has 0 aliphatic rings. The van der Waals surface area contributed by atoms with Crippen molar-refractivity contribution in [2.24, 2.45) is 16.3 Å². The first kappa shape index (κ1) is 14.4. The number of halogens is 1. The van der Waals surface area contributed by atoms with Crippen LogP contribution in [0.3, 0.4) is 0 Å². The molecule has 4 nitrogen and oxygen atoms in total. The SMILES string of the molecule is CC(C)(C)CNCc1ccc(F)cc1C(N)=NO. The van der Waals surface area contributed by atoms with E-state index in [0.717, 1.165) is 12.1 Å². The lowest BCUT2D eigenvalue weighted by molar-refractivity contribution is 0.318. The summed E-state index contributed by atoms with van der Waals surface area (Å²) in [6, 6.07) is 4.27. The minimum Gasteiger partial charge on any atom is -0.409 e. The Bertz CT molecular complexity index is 438. The van der Waals surface area contributed by atoms with Gasteiger partial charge >= 0.3 is 0 Å². The van der Waals surface area contributed by atoms with E-state index in [-0.39, 0.29) is 11.3 Å². The van der Waals surface area contributed by atoms with Gasteiger partial charge in [0.25, 0.3) is 0 Å². The normalized spacial score (nSPS) is 12.8. The lowest BCUT2D eigenvalue weighted by Crippen LogP contribution is -2.27. The van der Waals surface area contributed by atoms with Gasteiger partial charge in [0.2, 0.25) is 0 Å². The van der Waals surface area contributed by atoms with Gasteiger partial charge in [0.1, 0.15) is 5.82 Å². The Labute approximate surface area is 107 Å². The molecule has 5 heteroatoms. The smallest absolute Gasteiger partial charge is 0.170 e. The summed E-state index contributed by atoms with van der Waals surface area (Å²) in [4.78, 5) is 0. The fourth-order valence-electron chi connectivity index (χ4n) is 1.57. The summed E-state index contributed by atoms with van der Waals surface area (Å²) in [7, 11) is 0. The van der Waals surface area contributed by atoms with Crippen molar-refractivity contribution in [1.29, 1.82) is 0 Å². The molecule has 0 aromatic heterocycles. The second-order valence-electron chi connectivity index (χ2n) is 5.45. The van der Waals surface area contributed by atoms with Crippen molar-refractivity contribution < 1.29 is 9.60 Å². The number of nitrogens with one attached hydrogen (secondary N) is 1. The molecule has 0 unspecified atom stereocenters. The summed E-state index contributed by atoms with van der Waals surface area (Å²) in [5, 5.41) is 14.9. The van der Waals surface area contributed by atoms with Crippen LogP contribution in [0.25, 0.3) is 0 Å². The number of nitrogens with two attached hydrogens (primary N) is 1. The number of benzene rings is 1. The van der Waals surface area contributed by atoms with E-state index in [1.54, 1.807) is 6.07 Å². The number of nitrogens with zero attached hydrogens (tertiary/aromatic N) is 1. The van der Waals surface area contributed by atoms with Gasteiger partial charge in [0, 0.05) is 18.7 Å². The summed E-state index contributed by atoms with van der Waals surface area (Å²) in [5.41, 5.74) is 6.91. The molecule has 0 saturated carbocycles. The van der Waals surface area contributed by atoms with Crippen LogP contribution in [0.5, 0.6) is 0 Å². The van der Waals surface area contributed by atoms with E-state index < -0.39 is 5.82 Å². The Morgan fingerprint density at radius 3 is 2.67 bits per heavy atom. The second kappa shape index (κ2) is 5.82. The average molecular weight is 253 g/mol. The zero-order chi connectivity index (χ0) is 13.8. The third kappa shape index (κ3) is 4.33. The summed E-state index contributed by atoms with van der Waals surface area (Å²) < 4.78 is 13.1. The maximum absolute atomic E-state index is 13.1. The van der Waals surface area contributed by atoms with Gasteiger partial charge in [-0.25, -0.2) is 4.39 Å². The minimum absolute atomic E-state index is 0.0814. The third-order valence-corrected chi connectivity index (χ3v) is 2.43. The molecule has 100 valence electrons. The van der Waals surface area contributed by atoms with Gasteiger partial charge in [0.05, 0.1) is 0 Å². The highest BCUT2D eigenvalue weighted by molar-refractivity contribution is 5.98. The molecule has 0 amide bonds. The van der Waals surface area contributed by atoms with Crippen LogP contribution in [0.4, 0.5) is 4.39 Å². The summed E-state index contributed by atoms with van der Waals surface area (Å²) in [5.74, 6) is -0.488. The average Bonchev–Trinajstić information content (AvgIpc) is 2.28. The van der Waals surface area contributed by atoms with Crippen molar-refractivity contribution in [1.82, 2.24) is 5.32 Å². The quantitative estimate of drug-likeness (QED) is 0.333. The number of hydrogen-bond acceptors (Lipinski definition) is 3. The van der Waals surface area contributed by atoms with Gasteiger partial charge in [-0.05, 0) is 23.1 Å². The lowest BCUT2D eigenvalue weighted by atomic mass is 9.96. The van der Waals surface area contributed by atoms with Crippen molar-refractivity contribution in [3.63, 3.8) is 0 Å². The number of hydrogen-bond donors (Lipinski definition) is 3. The monoisotopic (exact) mass is 253 g/mol. The Morgan fingerprint density at radius 2 is 2.11 bits per heavy atom. The van der Waals surface area contributed by atoms with Crippen LogP contribution in [0, 0.1) is 11.2 Å². The Hall–Kier alpha value is -1.62. The molecule has 0 atom stereocenters. The number of rotatable bonds is 4. The molecular formula is C13H20FN3O. The topological polar surface area (TPSA) is 70.6 Å². The predicted octanol–water partition coefficient (Wildman–Crippen LogP) is 2.06. The van der Waals surface area contributed by atoms with Crippen LogP contribution in [0.1, 0.15) is 31.9 Å².